The van der Waals surface area contributed by atoms with Crippen molar-refractivity contribution in [2.24, 2.45) is 0 Å². The van der Waals surface area contributed by atoms with Gasteiger partial charge in [-0.2, -0.15) is 0 Å². The number of anilines is 1. The van der Waals surface area contributed by atoms with E-state index < -0.39 is 17.8 Å². The summed E-state index contributed by atoms with van der Waals surface area (Å²) in [5.74, 6) is -1.01. The van der Waals surface area contributed by atoms with Crippen LogP contribution in [0.4, 0.5) is 14.9 Å². The van der Waals surface area contributed by atoms with Gasteiger partial charge in [-0.15, -0.1) is 0 Å². The molecule has 0 fully saturated rings. The number of hydrogen-bond acceptors (Lipinski definition) is 3. The number of carbonyl (C=O) groups is 2. The van der Waals surface area contributed by atoms with E-state index >= 15 is 0 Å². The molecular weight excluding hydrogens is 317 g/mol. The summed E-state index contributed by atoms with van der Waals surface area (Å²) < 4.78 is 14.0. The molecule has 3 amide bonds. The predicted molar refractivity (Wildman–Crippen MR) is 74.4 cm³/mol. The summed E-state index contributed by atoms with van der Waals surface area (Å²) in [4.78, 5) is 22.6. The van der Waals surface area contributed by atoms with Crippen molar-refractivity contribution in [3.63, 3.8) is 0 Å². The topological polar surface area (TPSA) is 70.2 Å². The summed E-state index contributed by atoms with van der Waals surface area (Å²) in [6, 6.07) is 3.89. The maximum atomic E-state index is 13.4. The Labute approximate surface area is 119 Å². The number of amides is 3. The van der Waals surface area contributed by atoms with E-state index in [9.17, 15) is 14.0 Å². The van der Waals surface area contributed by atoms with Crippen molar-refractivity contribution < 1.29 is 14.0 Å². The molecule has 5 nitrogen and oxygen atoms in total. The number of hydrogen-bond donors (Lipinski definition) is 3. The number of halogens is 2. The van der Waals surface area contributed by atoms with Gasteiger partial charge in [0, 0.05) is 11.0 Å². The number of urea groups is 1. The van der Waals surface area contributed by atoms with Crippen molar-refractivity contribution in [3.8, 4) is 0 Å². The van der Waals surface area contributed by atoms with E-state index in [0.717, 1.165) is 6.42 Å². The number of benzene rings is 1. The quantitative estimate of drug-likeness (QED) is 0.774. The van der Waals surface area contributed by atoms with Gasteiger partial charge < -0.3 is 10.6 Å². The molecule has 0 saturated carbocycles. The highest BCUT2D eigenvalue weighted by atomic mass is 79.9. The van der Waals surface area contributed by atoms with Gasteiger partial charge in [-0.1, -0.05) is 22.9 Å². The Morgan fingerprint density at radius 1 is 1.37 bits per heavy atom. The Balaban J connectivity index is 2.39. The molecule has 1 aromatic carbocycles. The van der Waals surface area contributed by atoms with E-state index in [4.69, 9.17) is 0 Å². The third-order valence-electron chi connectivity index (χ3n) is 2.16. The van der Waals surface area contributed by atoms with E-state index in [1.165, 1.54) is 12.1 Å². The highest BCUT2D eigenvalue weighted by molar-refractivity contribution is 9.10. The molecule has 3 N–H and O–H groups in total. The van der Waals surface area contributed by atoms with Crippen LogP contribution in [0.3, 0.4) is 0 Å². The minimum atomic E-state index is -0.551. The molecule has 0 atom stereocenters. The van der Waals surface area contributed by atoms with Crippen LogP contribution in [0.25, 0.3) is 0 Å². The first-order valence-corrected chi connectivity index (χ1v) is 6.59. The Bertz CT molecular complexity index is 468. The fourth-order valence-electron chi connectivity index (χ4n) is 1.26. The van der Waals surface area contributed by atoms with Crippen molar-refractivity contribution in [1.29, 1.82) is 0 Å². The zero-order valence-corrected chi connectivity index (χ0v) is 12.0. The van der Waals surface area contributed by atoms with Crippen molar-refractivity contribution in [1.82, 2.24) is 10.6 Å². The Hall–Kier alpha value is -1.63. The van der Waals surface area contributed by atoms with Gasteiger partial charge in [-0.3, -0.25) is 10.1 Å². The fourth-order valence-corrected chi connectivity index (χ4v) is 1.60. The maximum Gasteiger partial charge on any atom is 0.321 e. The number of rotatable bonds is 5. The predicted octanol–water partition coefficient (Wildman–Crippen LogP) is 2.24. The van der Waals surface area contributed by atoms with Gasteiger partial charge in [0.2, 0.25) is 5.91 Å². The van der Waals surface area contributed by atoms with E-state index in [1.807, 2.05) is 6.92 Å². The normalized spacial score (nSPS) is 9.84. The second-order valence-corrected chi connectivity index (χ2v) is 4.70. The average Bonchev–Trinajstić information content (AvgIpc) is 2.35. The lowest BCUT2D eigenvalue weighted by molar-refractivity contribution is -0.118. The Morgan fingerprint density at radius 3 is 2.74 bits per heavy atom. The summed E-state index contributed by atoms with van der Waals surface area (Å²) in [6.07, 6.45) is 0.782. The molecule has 0 spiro atoms. The summed E-state index contributed by atoms with van der Waals surface area (Å²) in [5, 5.41) is 7.25. The number of nitrogens with one attached hydrogen (secondary N) is 3. The Kier molecular flexibility index (Phi) is 6.27. The largest absolute Gasteiger partial charge is 0.374 e. The smallest absolute Gasteiger partial charge is 0.321 e. The van der Waals surface area contributed by atoms with Gasteiger partial charge in [0.25, 0.3) is 0 Å². The third kappa shape index (κ3) is 5.69. The van der Waals surface area contributed by atoms with Crippen molar-refractivity contribution in [3.05, 3.63) is 28.5 Å². The number of carbonyl (C=O) groups excluding carboxylic acids is 2. The molecule has 0 unspecified atom stereocenters. The molecule has 0 aliphatic rings. The van der Waals surface area contributed by atoms with Crippen LogP contribution < -0.4 is 16.0 Å². The minimum absolute atomic E-state index is 0.182. The lowest BCUT2D eigenvalue weighted by Crippen LogP contribution is -2.42. The first-order chi connectivity index (χ1) is 9.02. The average molecular weight is 332 g/mol. The van der Waals surface area contributed by atoms with E-state index in [-0.39, 0.29) is 12.2 Å². The molecular formula is C12H15BrFN3O2. The van der Waals surface area contributed by atoms with Crippen LogP contribution in [0.15, 0.2) is 22.7 Å². The molecule has 0 aliphatic heterocycles. The van der Waals surface area contributed by atoms with Crippen molar-refractivity contribution in [2.75, 3.05) is 18.4 Å². The van der Waals surface area contributed by atoms with Crippen LogP contribution in [0.2, 0.25) is 0 Å². The standard InChI is InChI=1S/C12H15BrFN3O2/c1-2-5-15-12(19)17-11(18)7-16-10-4-3-8(13)6-9(10)14/h3-4,6,16H,2,5,7H2,1H3,(H2,15,17,18,19). The molecule has 0 radical (unpaired) electrons. The van der Waals surface area contributed by atoms with E-state index in [1.54, 1.807) is 6.07 Å². The SMILES string of the molecule is CCCNC(=O)NC(=O)CNc1ccc(Br)cc1F. The highest BCUT2D eigenvalue weighted by Gasteiger charge is 2.08. The van der Waals surface area contributed by atoms with E-state index in [0.29, 0.717) is 11.0 Å². The summed E-state index contributed by atoms with van der Waals surface area (Å²) >= 11 is 3.13. The van der Waals surface area contributed by atoms with E-state index in [2.05, 4.69) is 31.9 Å². The third-order valence-corrected chi connectivity index (χ3v) is 2.65. The van der Waals surface area contributed by atoms with Gasteiger partial charge >= 0.3 is 6.03 Å². The van der Waals surface area contributed by atoms with Crippen molar-refractivity contribution >= 4 is 33.6 Å². The summed E-state index contributed by atoms with van der Waals surface area (Å²) in [7, 11) is 0. The van der Waals surface area contributed by atoms with Gasteiger partial charge in [-0.05, 0) is 24.6 Å². The molecule has 0 aromatic heterocycles. The Morgan fingerprint density at radius 2 is 2.11 bits per heavy atom. The van der Waals surface area contributed by atoms with Crippen LogP contribution in [-0.2, 0) is 4.79 Å². The molecule has 0 bridgehead atoms. The molecule has 0 heterocycles. The van der Waals surface area contributed by atoms with Crippen LogP contribution in [0.5, 0.6) is 0 Å². The van der Waals surface area contributed by atoms with Crippen molar-refractivity contribution in [2.45, 2.75) is 13.3 Å². The van der Waals surface area contributed by atoms with Gasteiger partial charge in [-0.25, -0.2) is 9.18 Å². The van der Waals surface area contributed by atoms with Gasteiger partial charge in [0.15, 0.2) is 0 Å². The van der Waals surface area contributed by atoms with Crippen LogP contribution in [0, 0.1) is 5.82 Å². The zero-order valence-electron chi connectivity index (χ0n) is 10.4. The second kappa shape index (κ2) is 7.73. The van der Waals surface area contributed by atoms with Gasteiger partial charge in [0.05, 0.1) is 12.2 Å². The monoisotopic (exact) mass is 331 g/mol. The zero-order chi connectivity index (χ0) is 14.3. The first kappa shape index (κ1) is 15.4. The molecule has 19 heavy (non-hydrogen) atoms. The maximum absolute atomic E-state index is 13.4. The lowest BCUT2D eigenvalue weighted by atomic mass is 10.3. The first-order valence-electron chi connectivity index (χ1n) is 5.79. The molecule has 7 heteroatoms. The summed E-state index contributed by atoms with van der Waals surface area (Å²) in [6.45, 7) is 2.21. The fraction of sp³-hybridized carbons (Fsp3) is 0.333. The van der Waals surface area contributed by atoms with Crippen LogP contribution in [-0.4, -0.2) is 25.0 Å². The van der Waals surface area contributed by atoms with Crippen LogP contribution >= 0.6 is 15.9 Å². The number of imide groups is 1. The second-order valence-electron chi connectivity index (χ2n) is 3.78. The van der Waals surface area contributed by atoms with Gasteiger partial charge in [0.1, 0.15) is 5.82 Å². The summed E-state index contributed by atoms with van der Waals surface area (Å²) in [5.41, 5.74) is 0.201. The molecule has 0 saturated heterocycles. The molecule has 1 rings (SSSR count). The molecule has 1 aromatic rings. The highest BCUT2D eigenvalue weighted by Crippen LogP contribution is 2.18. The minimum Gasteiger partial charge on any atom is -0.374 e. The lowest BCUT2D eigenvalue weighted by Gasteiger charge is -2.08. The van der Waals surface area contributed by atoms with Crippen LogP contribution in [0.1, 0.15) is 13.3 Å². The molecule has 104 valence electrons. The molecule has 0 aliphatic carbocycles.